The fourth-order valence-electron chi connectivity index (χ4n) is 21.0. The summed E-state index contributed by atoms with van der Waals surface area (Å²) in [5.74, 6) is 4.63. The van der Waals surface area contributed by atoms with Gasteiger partial charge in [0.1, 0.15) is 39.8 Å². The van der Waals surface area contributed by atoms with Crippen LogP contribution in [0.1, 0.15) is 44.5 Å². The zero-order chi connectivity index (χ0) is 78.5. The Balaban J connectivity index is 0.712. The van der Waals surface area contributed by atoms with Gasteiger partial charge in [0.05, 0.1) is 26.7 Å². The Bertz CT molecular complexity index is 8100. The molecular formula is C112H64N4O3S. The van der Waals surface area contributed by atoms with Gasteiger partial charge in [0, 0.05) is 60.0 Å². The van der Waals surface area contributed by atoms with Crippen LogP contribution < -0.4 is 9.47 Å². The van der Waals surface area contributed by atoms with E-state index in [9.17, 15) is 0 Å². The first-order chi connectivity index (χ1) is 59.5. The molecule has 0 atom stereocenters. The molecule has 0 fully saturated rings. The maximum absolute atomic E-state index is 7.05. The molecule has 0 radical (unpaired) electrons. The second-order valence-corrected chi connectivity index (χ2v) is 32.9. The van der Waals surface area contributed by atoms with Gasteiger partial charge < -0.3 is 13.9 Å². The van der Waals surface area contributed by atoms with Crippen molar-refractivity contribution in [1.82, 2.24) is 19.9 Å². The SMILES string of the molecule is c1ccc(-c2ccc(-c3nc(-c4ccccc4-c4cccc5c4-c4c(ccc6c(-c7cccc8c9c(ccc78)C7(c8ccccc8Oc8ccccc87)c7cccc(-c8ccccc8-c8nc(-c%10cccc%11ccccc%10%11)nc%10c8oc8ccccc8%10)c7-9)cccc46)C54c5ccccc5Oc5ccccc54)c4sc5ccccc5c4n3)cc2)cc1. The van der Waals surface area contributed by atoms with Gasteiger partial charge in [-0.05, 0) is 164 Å². The number of benzene rings is 18. The minimum absolute atomic E-state index is 0.628. The number of para-hydroxylation sites is 5. The third kappa shape index (κ3) is 9.27. The summed E-state index contributed by atoms with van der Waals surface area (Å²) in [6.07, 6.45) is 0. The first-order valence-electron chi connectivity index (χ1n) is 40.9. The fourth-order valence-corrected chi connectivity index (χ4v) is 22.2. The molecule has 0 saturated heterocycles. The number of thiophene rings is 1. The van der Waals surface area contributed by atoms with Crippen molar-refractivity contribution in [1.29, 1.82) is 0 Å². The van der Waals surface area contributed by atoms with E-state index in [-0.39, 0.29) is 0 Å². The summed E-state index contributed by atoms with van der Waals surface area (Å²) >= 11 is 1.76. The lowest BCUT2D eigenvalue weighted by Gasteiger charge is -2.39. The highest BCUT2D eigenvalue weighted by molar-refractivity contribution is 7.26. The number of nitrogens with zero attached hydrogens (tertiary/aromatic N) is 4. The molecule has 0 saturated carbocycles. The molecule has 8 heteroatoms. The monoisotopic (exact) mass is 1540 g/mol. The van der Waals surface area contributed by atoms with E-state index >= 15 is 0 Å². The van der Waals surface area contributed by atoms with Gasteiger partial charge in [0.2, 0.25) is 0 Å². The van der Waals surface area contributed by atoms with Crippen molar-refractivity contribution in [3.05, 3.63) is 433 Å². The Hall–Kier alpha value is -15.5. The van der Waals surface area contributed by atoms with E-state index in [1.54, 1.807) is 11.3 Å². The quantitative estimate of drug-likeness (QED) is 0.150. The van der Waals surface area contributed by atoms with Gasteiger partial charge >= 0.3 is 0 Å². The van der Waals surface area contributed by atoms with Crippen LogP contribution in [0.4, 0.5) is 0 Å². The molecule has 6 heterocycles. The number of rotatable bonds is 8. The molecule has 556 valence electrons. The second kappa shape index (κ2) is 25.5. The zero-order valence-corrected chi connectivity index (χ0v) is 65.2. The maximum atomic E-state index is 7.05. The van der Waals surface area contributed by atoms with E-state index in [2.05, 4.69) is 376 Å². The van der Waals surface area contributed by atoms with Crippen molar-refractivity contribution in [2.24, 2.45) is 0 Å². The summed E-state index contributed by atoms with van der Waals surface area (Å²) in [5, 5.41) is 8.78. The van der Waals surface area contributed by atoms with E-state index < -0.39 is 10.8 Å². The van der Waals surface area contributed by atoms with Crippen molar-refractivity contribution in [3.8, 4) is 135 Å². The van der Waals surface area contributed by atoms with Crippen molar-refractivity contribution in [3.63, 3.8) is 0 Å². The number of hydrogen-bond acceptors (Lipinski definition) is 8. The largest absolute Gasteiger partial charge is 0.457 e. The lowest BCUT2D eigenvalue weighted by atomic mass is 9.66. The van der Waals surface area contributed by atoms with Crippen LogP contribution in [-0.4, -0.2) is 19.9 Å². The van der Waals surface area contributed by atoms with Gasteiger partial charge in [-0.25, -0.2) is 19.9 Å². The van der Waals surface area contributed by atoms with Crippen molar-refractivity contribution in [2.75, 3.05) is 0 Å². The van der Waals surface area contributed by atoms with E-state index in [1.807, 2.05) is 12.1 Å². The van der Waals surface area contributed by atoms with Gasteiger partial charge in [0.25, 0.3) is 0 Å². The Morgan fingerprint density at radius 2 is 0.625 bits per heavy atom. The molecule has 22 aromatic rings. The number of hydrogen-bond donors (Lipinski definition) is 0. The predicted molar refractivity (Wildman–Crippen MR) is 489 cm³/mol. The Morgan fingerprint density at radius 1 is 0.225 bits per heavy atom. The van der Waals surface area contributed by atoms with E-state index in [0.29, 0.717) is 17.2 Å². The third-order valence-corrected chi connectivity index (χ3v) is 27.1. The first kappa shape index (κ1) is 66.8. The molecule has 2 aliphatic heterocycles. The predicted octanol–water partition coefficient (Wildman–Crippen LogP) is 29.3. The summed E-state index contributed by atoms with van der Waals surface area (Å²) in [6.45, 7) is 0. The van der Waals surface area contributed by atoms with Crippen LogP contribution in [0, 0.1) is 0 Å². The summed E-state index contributed by atoms with van der Waals surface area (Å²) in [4.78, 5) is 22.4. The van der Waals surface area contributed by atoms with Gasteiger partial charge in [-0.3, -0.25) is 0 Å². The van der Waals surface area contributed by atoms with E-state index in [0.717, 1.165) is 204 Å². The fraction of sp³-hybridized carbons (Fsp3) is 0.0179. The number of fused-ring (bicyclic) bond motifs is 29. The van der Waals surface area contributed by atoms with Crippen LogP contribution in [0.5, 0.6) is 23.0 Å². The molecular weight excluding hydrogens is 1480 g/mol. The highest BCUT2D eigenvalue weighted by atomic mass is 32.1. The molecule has 4 aromatic heterocycles. The molecule has 120 heavy (non-hydrogen) atoms. The van der Waals surface area contributed by atoms with Gasteiger partial charge in [0.15, 0.2) is 17.2 Å². The standard InChI is InChI=1S/C112H64N4O3S/c1-2-27-65(28-3-1)66-57-59-68(60-58-66)109-115-105(108-106(116-109)84-37-11-21-56-98(84)120-108)81-35-9-7-33-73(81)77-43-26-50-90-100(77)102-79-41-24-39-71(75(79)62-64-92(102)112(90)87-47-14-19-54-96(87)118-97-55-20-15-48-88(97)112)70-38-23-40-78-74(70)61-63-91-101(78)99-76(42-25-49-89(99)111(91)85-45-12-17-52-94(85)117-95-53-18-13-46-86(95)111)72-32-6-8-34-80(72)103-107-104(83-36-10-16-51-93(83)119-107)114-110(113-103)82-44-22-30-67-29-4-5-31-69(67)82/h1-64H. The molecule has 0 bridgehead atoms. The summed E-state index contributed by atoms with van der Waals surface area (Å²) in [5.41, 5.74) is 29.5. The van der Waals surface area contributed by atoms with Crippen LogP contribution in [0.2, 0.25) is 0 Å². The van der Waals surface area contributed by atoms with Crippen LogP contribution in [0.3, 0.4) is 0 Å². The Kier molecular flexibility index (Phi) is 14.2. The molecule has 4 aliphatic rings. The summed E-state index contributed by atoms with van der Waals surface area (Å²) < 4.78 is 23.3. The lowest BCUT2D eigenvalue weighted by molar-refractivity contribution is 0.436. The van der Waals surface area contributed by atoms with E-state index in [4.69, 9.17) is 33.8 Å². The zero-order valence-electron chi connectivity index (χ0n) is 64.4. The van der Waals surface area contributed by atoms with Crippen LogP contribution in [-0.2, 0) is 10.8 Å². The average molecular weight is 1550 g/mol. The number of furan rings is 1. The minimum Gasteiger partial charge on any atom is -0.457 e. The topological polar surface area (TPSA) is 83.2 Å². The Labute approximate surface area is 693 Å². The molecule has 0 N–H and O–H groups in total. The van der Waals surface area contributed by atoms with Crippen LogP contribution in [0.15, 0.2) is 393 Å². The molecule has 2 spiro atoms. The molecule has 18 aromatic carbocycles. The Morgan fingerprint density at radius 3 is 1.23 bits per heavy atom. The minimum atomic E-state index is -0.816. The second-order valence-electron chi connectivity index (χ2n) is 31.8. The smallest absolute Gasteiger partial charge is 0.180 e. The molecule has 0 unspecified atom stereocenters. The molecule has 26 rings (SSSR count). The first-order valence-corrected chi connectivity index (χ1v) is 41.7. The van der Waals surface area contributed by atoms with Crippen LogP contribution >= 0.6 is 11.3 Å². The molecule has 7 nitrogen and oxygen atoms in total. The normalized spacial score (nSPS) is 13.4. The van der Waals surface area contributed by atoms with Gasteiger partial charge in [-0.2, -0.15) is 0 Å². The van der Waals surface area contributed by atoms with Gasteiger partial charge in [-0.15, -0.1) is 11.3 Å². The summed E-state index contributed by atoms with van der Waals surface area (Å²) in [7, 11) is 0. The average Bonchev–Trinajstić information content (AvgIpc) is 1.51. The third-order valence-electron chi connectivity index (χ3n) is 25.9. The highest BCUT2D eigenvalue weighted by Crippen LogP contribution is 2.68. The van der Waals surface area contributed by atoms with Crippen molar-refractivity contribution < 1.29 is 13.9 Å². The molecule has 2 aliphatic carbocycles. The van der Waals surface area contributed by atoms with Gasteiger partial charge in [-0.1, -0.05) is 346 Å². The maximum Gasteiger partial charge on any atom is 0.180 e. The van der Waals surface area contributed by atoms with Crippen LogP contribution in [0.25, 0.3) is 187 Å². The number of ether oxygens (including phenoxy) is 2. The number of aromatic nitrogens is 4. The summed E-state index contributed by atoms with van der Waals surface area (Å²) in [6, 6.07) is 141. The van der Waals surface area contributed by atoms with Crippen molar-refractivity contribution >= 4 is 86.0 Å². The highest BCUT2D eigenvalue weighted by Gasteiger charge is 2.54. The van der Waals surface area contributed by atoms with Crippen molar-refractivity contribution in [2.45, 2.75) is 10.8 Å². The van der Waals surface area contributed by atoms with E-state index in [1.165, 1.54) is 33.4 Å². The lowest BCUT2D eigenvalue weighted by Crippen LogP contribution is -2.32. The molecule has 0 amide bonds.